The van der Waals surface area contributed by atoms with Crippen LogP contribution in [0.4, 0.5) is 0 Å². The van der Waals surface area contributed by atoms with Crippen LogP contribution in [0.5, 0.6) is 11.5 Å². The summed E-state index contributed by atoms with van der Waals surface area (Å²) in [4.78, 5) is 4.41. The van der Waals surface area contributed by atoms with E-state index in [0.29, 0.717) is 40.0 Å². The molecule has 0 bridgehead atoms. The van der Waals surface area contributed by atoms with Crippen LogP contribution in [0.25, 0.3) is 72.3 Å². The molecule has 0 radical (unpaired) electrons. The fourth-order valence-corrected chi connectivity index (χ4v) is 6.88. The summed E-state index contributed by atoms with van der Waals surface area (Å²) in [6.07, 6.45) is 3.49. The molecule has 0 amide bonds. The molecule has 10 aromatic rings. The molecule has 56 heavy (non-hydrogen) atoms. The largest absolute Gasteiger partial charge is 0.510 e. The van der Waals surface area contributed by atoms with Gasteiger partial charge >= 0.3 is 0 Å². The van der Waals surface area contributed by atoms with E-state index < -0.39 is 60.4 Å². The first-order valence-electron chi connectivity index (χ1n) is 24.0. The van der Waals surface area contributed by atoms with E-state index in [9.17, 15) is 0 Å². The number of rotatable bonds is 8. The Morgan fingerprint density at radius 1 is 0.679 bits per heavy atom. The molecule has 0 N–H and O–H groups in total. The molecule has 0 atom stereocenters. The van der Waals surface area contributed by atoms with Gasteiger partial charge in [0.25, 0.3) is 6.33 Å². The van der Waals surface area contributed by atoms with Crippen LogP contribution in [0.3, 0.4) is 0 Å². The van der Waals surface area contributed by atoms with Crippen LogP contribution in [-0.4, -0.2) is 14.1 Å². The van der Waals surface area contributed by atoms with Crippen molar-refractivity contribution in [3.63, 3.8) is 0 Å². The summed E-state index contributed by atoms with van der Waals surface area (Å²) >= 11 is 0. The van der Waals surface area contributed by atoms with E-state index in [2.05, 4.69) is 23.4 Å². The number of benzene rings is 7. The molecule has 3 heterocycles. The van der Waals surface area contributed by atoms with Crippen molar-refractivity contribution in [2.45, 2.75) is 13.3 Å². The average molecular weight is 915 g/mol. The fraction of sp³-hybridized carbons (Fsp3) is 0.0400. The first-order chi connectivity index (χ1) is 32.6. The number of ether oxygens (including phenoxy) is 1. The normalized spacial score (nSPS) is 14.5. The van der Waals surface area contributed by atoms with E-state index in [-0.39, 0.29) is 78.8 Å². The molecular weight excluding hydrogens is 868 g/mol. The van der Waals surface area contributed by atoms with Gasteiger partial charge in [0.1, 0.15) is 5.82 Å². The van der Waals surface area contributed by atoms with Crippen LogP contribution >= 0.6 is 0 Å². The number of nitrogens with zero attached hydrogens (tertiary/aromatic N) is 4. The second kappa shape index (κ2) is 14.9. The van der Waals surface area contributed by atoms with E-state index in [0.717, 1.165) is 16.3 Å². The molecule has 0 saturated carbocycles. The van der Waals surface area contributed by atoms with Crippen molar-refractivity contribution in [3.8, 4) is 50.9 Å². The number of aromatic nitrogens is 4. The number of fused-ring (bicyclic) bond motifs is 4. The Hall–Kier alpha value is -6.55. The second-order valence-electron chi connectivity index (χ2n) is 12.5. The van der Waals surface area contributed by atoms with Gasteiger partial charge in [-0.1, -0.05) is 134 Å². The van der Waals surface area contributed by atoms with E-state index in [1.165, 1.54) is 0 Å². The standard InChI is InChI=1S/C50H34N4O.Pt/c1-2-35-29-30-51-49(31-35)54-45-24-10-9-21-43(45)44-28-27-40(33-48(44)54)55-39-20-13-19-38(32-39)52-34-53(47-26-12-11-25-46(47)52)50-41(36-15-5-3-6-16-36)22-14-23-42(50)37-17-7-4-8-18-37;/h3-31H,2H2,1H3;/q-2;/i3D,4D,5D,6D,7D,8D,15D,16D,17D,18D,29D,30D,31D;. The predicted octanol–water partition coefficient (Wildman–Crippen LogP) is 11.5. The van der Waals surface area contributed by atoms with Crippen molar-refractivity contribution in [3.05, 3.63) is 200 Å². The van der Waals surface area contributed by atoms with E-state index in [1.807, 2.05) is 43.3 Å². The Balaban J connectivity index is 0.00000593. The molecule has 7 aromatic carbocycles. The van der Waals surface area contributed by atoms with Crippen LogP contribution in [0.15, 0.2) is 176 Å². The van der Waals surface area contributed by atoms with Gasteiger partial charge in [-0.15, -0.1) is 29.7 Å². The number of imidazole rings is 1. The Morgan fingerprint density at radius 2 is 1.36 bits per heavy atom. The molecule has 5 nitrogen and oxygen atoms in total. The maximum absolute atomic E-state index is 9.04. The smallest absolute Gasteiger partial charge is 0.268 e. The van der Waals surface area contributed by atoms with Gasteiger partial charge in [-0.25, -0.2) is 4.98 Å². The zero-order valence-corrected chi connectivity index (χ0v) is 31.7. The summed E-state index contributed by atoms with van der Waals surface area (Å²) in [6.45, 7) is 1.84. The zero-order chi connectivity index (χ0) is 48.0. The molecular formula is C50H34N4OPt-2. The molecule has 0 spiro atoms. The van der Waals surface area contributed by atoms with Gasteiger partial charge in [0.05, 0.1) is 34.5 Å². The van der Waals surface area contributed by atoms with Gasteiger partial charge in [-0.3, -0.25) is 4.57 Å². The Labute approximate surface area is 358 Å². The quantitative estimate of drug-likeness (QED) is 0.112. The SMILES string of the molecule is [2H]c1nc(-n2c3[c-]c(Oc4[c-]c(-n5[c-][n+](-c6c(-c7c([2H])c([2H])c([2H])c([2H])c7[2H])cccc6-c6c([2H])c([2H])c([2H])c([2H])c6[2H])c6ccccc65)ccc4)ccc3c3ccccc32)c([2H])c(CC)c1[2H].[Pt]. The molecule has 6 heteroatoms. The number of para-hydroxylation sites is 4. The first-order valence-corrected chi connectivity index (χ1v) is 17.5. The molecule has 0 aliphatic rings. The van der Waals surface area contributed by atoms with E-state index in [1.54, 1.807) is 74.4 Å². The van der Waals surface area contributed by atoms with Gasteiger partial charge in [-0.05, 0) is 63.5 Å². The van der Waals surface area contributed by atoms with Crippen molar-refractivity contribution < 1.29 is 48.2 Å². The van der Waals surface area contributed by atoms with Gasteiger partial charge in [-0.2, -0.15) is 18.2 Å². The summed E-state index contributed by atoms with van der Waals surface area (Å²) in [5.41, 5.74) is 3.22. The number of hydrogen-bond donors (Lipinski definition) is 0. The van der Waals surface area contributed by atoms with Crippen LogP contribution < -0.4 is 9.30 Å². The zero-order valence-electron chi connectivity index (χ0n) is 42.5. The van der Waals surface area contributed by atoms with Gasteiger partial charge in [0.2, 0.25) is 0 Å². The minimum absolute atomic E-state index is 0. The van der Waals surface area contributed by atoms with Gasteiger partial charge < -0.3 is 13.9 Å². The summed E-state index contributed by atoms with van der Waals surface area (Å²) in [6, 6.07) is 29.5. The molecule has 10 rings (SSSR count). The Bertz CT molecular complexity index is 3630. The molecule has 0 aliphatic heterocycles. The third-order valence-corrected chi connectivity index (χ3v) is 9.33. The van der Waals surface area contributed by atoms with Crippen LogP contribution in [0.2, 0.25) is 0 Å². The molecule has 0 saturated heterocycles. The van der Waals surface area contributed by atoms with Crippen molar-refractivity contribution in [2.75, 3.05) is 0 Å². The second-order valence-corrected chi connectivity index (χ2v) is 12.5. The van der Waals surface area contributed by atoms with E-state index >= 15 is 0 Å². The number of pyridine rings is 1. The molecule has 0 unspecified atom stereocenters. The number of hydrogen-bond acceptors (Lipinski definition) is 2. The fourth-order valence-electron chi connectivity index (χ4n) is 6.88. The summed E-state index contributed by atoms with van der Waals surface area (Å²) in [5, 5.41) is 1.67. The Kier molecular flexibility index (Phi) is 6.24. The first kappa shape index (κ1) is 23.4. The Morgan fingerprint density at radius 3 is 2.11 bits per heavy atom. The molecule has 272 valence electrons. The summed E-state index contributed by atoms with van der Waals surface area (Å²) < 4.78 is 124. The minimum Gasteiger partial charge on any atom is -0.510 e. The summed E-state index contributed by atoms with van der Waals surface area (Å²) in [7, 11) is 0. The van der Waals surface area contributed by atoms with Crippen molar-refractivity contribution in [2.24, 2.45) is 0 Å². The maximum atomic E-state index is 9.04. The van der Waals surface area contributed by atoms with Gasteiger partial charge in [0, 0.05) is 44.3 Å². The van der Waals surface area contributed by atoms with Crippen LogP contribution in [-0.2, 0) is 27.5 Å². The minimum atomic E-state index is -0.590. The van der Waals surface area contributed by atoms with Crippen molar-refractivity contribution in [1.29, 1.82) is 0 Å². The molecule has 0 aliphatic carbocycles. The van der Waals surface area contributed by atoms with Crippen LogP contribution in [0, 0.1) is 18.5 Å². The monoisotopic (exact) mass is 914 g/mol. The maximum Gasteiger partial charge on any atom is 0.268 e. The summed E-state index contributed by atoms with van der Waals surface area (Å²) in [5.74, 6) is 0.771. The van der Waals surface area contributed by atoms with Crippen molar-refractivity contribution >= 4 is 32.8 Å². The predicted molar refractivity (Wildman–Crippen MR) is 220 cm³/mol. The molecule has 0 fully saturated rings. The van der Waals surface area contributed by atoms with Crippen LogP contribution in [0.1, 0.15) is 30.3 Å². The van der Waals surface area contributed by atoms with Crippen molar-refractivity contribution in [1.82, 2.24) is 14.1 Å². The average Bonchev–Trinajstić information content (AvgIpc) is 3.89. The van der Waals surface area contributed by atoms with Gasteiger partial charge in [0.15, 0.2) is 0 Å². The van der Waals surface area contributed by atoms with E-state index in [4.69, 9.17) is 22.6 Å². The third-order valence-electron chi connectivity index (χ3n) is 9.33. The molecule has 3 aromatic heterocycles. The topological polar surface area (TPSA) is 35.9 Å². The third kappa shape index (κ3) is 6.20.